The summed E-state index contributed by atoms with van der Waals surface area (Å²) in [7, 11) is 0. The first-order valence-corrected chi connectivity index (χ1v) is 8.26. The number of benzene rings is 1. The molecule has 0 saturated heterocycles. The maximum Gasteiger partial charge on any atom is 0.335 e. The molecule has 0 amide bonds. The van der Waals surface area contributed by atoms with Gasteiger partial charge in [0, 0.05) is 22.2 Å². The molecule has 5 nitrogen and oxygen atoms in total. The van der Waals surface area contributed by atoms with Gasteiger partial charge in [-0.2, -0.15) is 0 Å². The van der Waals surface area contributed by atoms with Gasteiger partial charge < -0.3 is 10.1 Å². The number of aromatic nitrogens is 2. The highest BCUT2D eigenvalue weighted by atomic mass is 32.1. The van der Waals surface area contributed by atoms with E-state index in [1.807, 2.05) is 25.3 Å². The molecule has 0 aliphatic rings. The highest BCUT2D eigenvalue weighted by Crippen LogP contribution is 2.32. The van der Waals surface area contributed by atoms with E-state index >= 15 is 0 Å². The zero-order valence-electron chi connectivity index (χ0n) is 13.5. The minimum atomic E-state index is -0.962. The first-order chi connectivity index (χ1) is 11.4. The van der Waals surface area contributed by atoms with Crippen LogP contribution in [0.5, 0.6) is 0 Å². The third-order valence-electron chi connectivity index (χ3n) is 3.91. The molecule has 0 fully saturated rings. The highest BCUT2D eigenvalue weighted by Gasteiger charge is 2.18. The number of carboxylic acids is 1. The number of carbonyl (C=O) groups excluding carboxylic acids is 1. The Balaban J connectivity index is 2.03. The van der Waals surface area contributed by atoms with Crippen LogP contribution in [0.4, 0.5) is 0 Å². The van der Waals surface area contributed by atoms with Crippen LogP contribution in [0.3, 0.4) is 0 Å². The molecule has 6 heteroatoms. The van der Waals surface area contributed by atoms with Gasteiger partial charge in [0.05, 0.1) is 17.0 Å². The highest BCUT2D eigenvalue weighted by molar-refractivity contribution is 7.13. The minimum Gasteiger partial charge on any atom is -0.478 e. The number of carbonyl (C=O) groups is 2. The second-order valence-electron chi connectivity index (χ2n) is 5.61. The standard InChI is InChI=1S/C18H16N2O3S/c1-9-15(11(3)21)10(2)19-16(9)14-8-24-17(20-14)12-5-4-6-13(7-12)18(22)23/h4-8,19H,1-3H3,(H,22,23). The summed E-state index contributed by atoms with van der Waals surface area (Å²) in [5, 5.41) is 11.8. The van der Waals surface area contributed by atoms with E-state index in [0.29, 0.717) is 5.56 Å². The molecule has 3 aromatic rings. The number of rotatable bonds is 4. The van der Waals surface area contributed by atoms with Crippen LogP contribution in [0.1, 0.15) is 38.9 Å². The fraction of sp³-hybridized carbons (Fsp3) is 0.167. The lowest BCUT2D eigenvalue weighted by atomic mass is 10.1. The van der Waals surface area contributed by atoms with E-state index in [0.717, 1.165) is 33.2 Å². The number of hydrogen-bond acceptors (Lipinski definition) is 4. The normalized spacial score (nSPS) is 10.8. The Kier molecular flexibility index (Phi) is 4.07. The summed E-state index contributed by atoms with van der Waals surface area (Å²) in [5.74, 6) is -0.937. The summed E-state index contributed by atoms with van der Waals surface area (Å²) in [6.45, 7) is 5.33. The summed E-state index contributed by atoms with van der Waals surface area (Å²) in [6, 6.07) is 6.71. The van der Waals surface area contributed by atoms with Gasteiger partial charge in [-0.15, -0.1) is 11.3 Å². The Morgan fingerprint density at radius 2 is 2.00 bits per heavy atom. The van der Waals surface area contributed by atoms with Crippen LogP contribution in [-0.4, -0.2) is 26.8 Å². The summed E-state index contributed by atoms with van der Waals surface area (Å²) in [4.78, 5) is 30.7. The van der Waals surface area contributed by atoms with Crippen molar-refractivity contribution in [2.45, 2.75) is 20.8 Å². The molecule has 2 N–H and O–H groups in total. The lowest BCUT2D eigenvalue weighted by molar-refractivity contribution is 0.0696. The van der Waals surface area contributed by atoms with Crippen molar-refractivity contribution in [1.29, 1.82) is 0 Å². The molecule has 0 unspecified atom stereocenters. The van der Waals surface area contributed by atoms with Crippen molar-refractivity contribution in [2.75, 3.05) is 0 Å². The van der Waals surface area contributed by atoms with Crippen LogP contribution >= 0.6 is 11.3 Å². The number of H-pyrrole nitrogens is 1. The molecule has 2 aromatic heterocycles. The molecule has 122 valence electrons. The quantitative estimate of drug-likeness (QED) is 0.693. The minimum absolute atomic E-state index is 0.0251. The Morgan fingerprint density at radius 3 is 2.62 bits per heavy atom. The predicted octanol–water partition coefficient (Wildman–Crippen LogP) is 4.32. The number of aryl methyl sites for hydroxylation is 1. The number of ketones is 1. The van der Waals surface area contributed by atoms with Crippen LogP contribution < -0.4 is 0 Å². The smallest absolute Gasteiger partial charge is 0.335 e. The van der Waals surface area contributed by atoms with Gasteiger partial charge in [0.25, 0.3) is 0 Å². The number of nitrogens with zero attached hydrogens (tertiary/aromatic N) is 1. The maximum absolute atomic E-state index is 11.8. The van der Waals surface area contributed by atoms with E-state index in [-0.39, 0.29) is 11.3 Å². The van der Waals surface area contributed by atoms with Gasteiger partial charge >= 0.3 is 5.97 Å². The number of hydrogen-bond donors (Lipinski definition) is 2. The van der Waals surface area contributed by atoms with Crippen molar-refractivity contribution in [1.82, 2.24) is 9.97 Å². The molecule has 0 bridgehead atoms. The summed E-state index contributed by atoms with van der Waals surface area (Å²) in [6.07, 6.45) is 0. The van der Waals surface area contributed by atoms with Crippen molar-refractivity contribution in [3.05, 3.63) is 52.0 Å². The van der Waals surface area contributed by atoms with Crippen LogP contribution in [-0.2, 0) is 0 Å². The maximum atomic E-state index is 11.8. The molecule has 0 aliphatic carbocycles. The predicted molar refractivity (Wildman–Crippen MR) is 93.8 cm³/mol. The fourth-order valence-corrected chi connectivity index (χ4v) is 3.65. The lowest BCUT2D eigenvalue weighted by Gasteiger charge is -1.99. The van der Waals surface area contributed by atoms with E-state index in [9.17, 15) is 9.59 Å². The first kappa shape index (κ1) is 16.1. The molecular weight excluding hydrogens is 324 g/mol. The third-order valence-corrected chi connectivity index (χ3v) is 4.80. The van der Waals surface area contributed by atoms with Crippen molar-refractivity contribution >= 4 is 23.1 Å². The Morgan fingerprint density at radius 1 is 1.25 bits per heavy atom. The van der Waals surface area contributed by atoms with Gasteiger partial charge in [0.15, 0.2) is 5.78 Å². The number of aromatic carboxylic acids is 1. The van der Waals surface area contributed by atoms with Gasteiger partial charge in [0.1, 0.15) is 5.01 Å². The molecule has 24 heavy (non-hydrogen) atoms. The molecule has 3 rings (SSSR count). The number of Topliss-reactive ketones (excluding diaryl/α,β-unsaturated/α-hetero) is 1. The largest absolute Gasteiger partial charge is 0.478 e. The second kappa shape index (κ2) is 6.05. The average Bonchev–Trinajstić information content (AvgIpc) is 3.12. The van der Waals surface area contributed by atoms with Crippen LogP contribution in [0, 0.1) is 13.8 Å². The van der Waals surface area contributed by atoms with E-state index in [1.165, 1.54) is 11.3 Å². The number of carboxylic acid groups (broad SMARTS) is 1. The van der Waals surface area contributed by atoms with Gasteiger partial charge in [-0.3, -0.25) is 4.79 Å². The van der Waals surface area contributed by atoms with Gasteiger partial charge in [-0.05, 0) is 38.5 Å². The zero-order chi connectivity index (χ0) is 17.4. The molecule has 0 spiro atoms. The van der Waals surface area contributed by atoms with E-state index in [2.05, 4.69) is 9.97 Å². The van der Waals surface area contributed by atoms with E-state index in [4.69, 9.17) is 5.11 Å². The summed E-state index contributed by atoms with van der Waals surface area (Å²) in [5.41, 5.74) is 4.99. The molecule has 0 atom stereocenters. The third kappa shape index (κ3) is 2.76. The van der Waals surface area contributed by atoms with Crippen LogP contribution in [0.25, 0.3) is 22.0 Å². The van der Waals surface area contributed by atoms with E-state index < -0.39 is 5.97 Å². The topological polar surface area (TPSA) is 83.0 Å². The Labute approximate surface area is 143 Å². The SMILES string of the molecule is CC(=O)c1c(C)[nH]c(-c2csc(-c3cccc(C(=O)O)c3)n2)c1C. The Bertz CT molecular complexity index is 953. The second-order valence-corrected chi connectivity index (χ2v) is 6.46. The monoisotopic (exact) mass is 340 g/mol. The van der Waals surface area contributed by atoms with Crippen molar-refractivity contribution in [2.24, 2.45) is 0 Å². The fourth-order valence-electron chi connectivity index (χ4n) is 2.84. The van der Waals surface area contributed by atoms with Gasteiger partial charge in [0.2, 0.25) is 0 Å². The molecule has 0 saturated carbocycles. The first-order valence-electron chi connectivity index (χ1n) is 7.38. The van der Waals surface area contributed by atoms with Crippen molar-refractivity contribution < 1.29 is 14.7 Å². The van der Waals surface area contributed by atoms with Crippen molar-refractivity contribution in [3.8, 4) is 22.0 Å². The number of aromatic amines is 1. The summed E-state index contributed by atoms with van der Waals surface area (Å²) >= 11 is 1.44. The van der Waals surface area contributed by atoms with Crippen LogP contribution in [0.15, 0.2) is 29.6 Å². The molecule has 1 aromatic carbocycles. The van der Waals surface area contributed by atoms with E-state index in [1.54, 1.807) is 25.1 Å². The molecule has 0 radical (unpaired) electrons. The zero-order valence-corrected chi connectivity index (χ0v) is 14.3. The lowest BCUT2D eigenvalue weighted by Crippen LogP contribution is -1.95. The average molecular weight is 340 g/mol. The number of thiazole rings is 1. The molecule has 0 aliphatic heterocycles. The van der Waals surface area contributed by atoms with Gasteiger partial charge in [-0.1, -0.05) is 12.1 Å². The summed E-state index contributed by atoms with van der Waals surface area (Å²) < 4.78 is 0. The van der Waals surface area contributed by atoms with Crippen LogP contribution in [0.2, 0.25) is 0 Å². The Hall–Kier alpha value is -2.73. The van der Waals surface area contributed by atoms with Gasteiger partial charge in [-0.25, -0.2) is 9.78 Å². The van der Waals surface area contributed by atoms with Crippen molar-refractivity contribution in [3.63, 3.8) is 0 Å². The molecular formula is C18H16N2O3S. The number of nitrogens with one attached hydrogen (secondary N) is 1. The molecule has 2 heterocycles.